The minimum absolute atomic E-state index is 0. The summed E-state index contributed by atoms with van der Waals surface area (Å²) in [5.74, 6) is 0.900. The molecule has 2 nitrogen and oxygen atoms in total. The van der Waals surface area contributed by atoms with Crippen LogP contribution in [0.5, 0.6) is 5.75 Å². The van der Waals surface area contributed by atoms with Crippen molar-refractivity contribution in [3.8, 4) is 5.75 Å². The van der Waals surface area contributed by atoms with Gasteiger partial charge in [-0.3, -0.25) is 4.79 Å². The Bertz CT molecular complexity index is 814. The van der Waals surface area contributed by atoms with Gasteiger partial charge in [0, 0.05) is 5.56 Å². The van der Waals surface area contributed by atoms with E-state index >= 15 is 0 Å². The zero-order chi connectivity index (χ0) is 20.9. The molecule has 2 rings (SSSR count). The molecule has 0 aliphatic heterocycles. The van der Waals surface area contributed by atoms with Crippen LogP contribution in [0.15, 0.2) is 30.3 Å². The zero-order valence-electron chi connectivity index (χ0n) is 18.5. The van der Waals surface area contributed by atoms with Gasteiger partial charge >= 0.3 is 18.9 Å². The van der Waals surface area contributed by atoms with Crippen LogP contribution < -0.4 is 10.0 Å². The molecule has 0 aromatic heterocycles. The number of benzene rings is 2. The summed E-state index contributed by atoms with van der Waals surface area (Å²) >= 11 is 0. The maximum absolute atomic E-state index is 13.1. The molecule has 0 saturated heterocycles. The van der Waals surface area contributed by atoms with E-state index < -0.39 is 0 Å². The van der Waals surface area contributed by atoms with Crippen LogP contribution in [0, 0.1) is 20.8 Å². The number of carbonyl (C=O) groups is 1. The molecule has 154 valence electrons. The molecule has 0 radical (unpaired) electrons. The number of hydrogen-bond acceptors (Lipinski definition) is 2. The van der Waals surface area contributed by atoms with Crippen molar-refractivity contribution in [2.24, 2.45) is 0 Å². The van der Waals surface area contributed by atoms with Crippen molar-refractivity contribution in [3.63, 3.8) is 0 Å². The fraction of sp³-hybridized carbons (Fsp3) is 0.480. The van der Waals surface area contributed by atoms with E-state index in [1.807, 2.05) is 6.07 Å². The normalized spacial score (nSPS) is 11.6. The third-order valence-corrected chi connectivity index (χ3v) is 6.40. The van der Waals surface area contributed by atoms with Crippen LogP contribution in [-0.2, 0) is 5.41 Å². The molecule has 0 aliphatic rings. The summed E-state index contributed by atoms with van der Waals surface area (Å²) < 4.78 is 5.83. The summed E-state index contributed by atoms with van der Waals surface area (Å²) in [6.07, 6.45) is 3.47. The molecule has 2 aromatic rings. The van der Waals surface area contributed by atoms with E-state index in [1.54, 1.807) is 0 Å². The van der Waals surface area contributed by atoms with Crippen molar-refractivity contribution >= 4 is 38.3 Å². The Balaban J connectivity index is 0.00000420. The number of unbranched alkanes of at least 4 members (excludes halogenated alkanes) is 2. The molecule has 0 heterocycles. The first-order valence-electron chi connectivity index (χ1n) is 10.3. The number of carbonyl (C=O) groups excluding carboxylic acids is 1. The van der Waals surface area contributed by atoms with Gasteiger partial charge in [0.2, 0.25) is 0 Å². The fourth-order valence-electron chi connectivity index (χ4n) is 3.35. The van der Waals surface area contributed by atoms with Crippen LogP contribution in [0.4, 0.5) is 0 Å². The molecule has 0 fully saturated rings. The standard InChI is InChI=1S/C25H35O2P.Li.H/c1-8-9-10-13-27-21-11-12-22(17(2)16-21)28-24(26)23-18(3)14-20(15-19(23)4)25(5,6)7;;/h11-12,14-16,28H,8-10,13H2,1-7H3;;. The monoisotopic (exact) mass is 406 g/mol. The first-order valence-corrected chi connectivity index (χ1v) is 11.3. The van der Waals surface area contributed by atoms with E-state index in [1.165, 1.54) is 18.4 Å². The quantitative estimate of drug-likeness (QED) is 0.306. The van der Waals surface area contributed by atoms with Gasteiger partial charge in [0.05, 0.1) is 6.61 Å². The summed E-state index contributed by atoms with van der Waals surface area (Å²) in [5, 5.41) is 1.10. The van der Waals surface area contributed by atoms with E-state index in [4.69, 9.17) is 4.74 Å². The van der Waals surface area contributed by atoms with Crippen molar-refractivity contribution in [3.05, 3.63) is 58.1 Å². The van der Waals surface area contributed by atoms with Crippen molar-refractivity contribution in [2.75, 3.05) is 6.61 Å². The average molecular weight is 406 g/mol. The number of ether oxygens (including phenoxy) is 1. The van der Waals surface area contributed by atoms with Gasteiger partial charge in [-0.05, 0) is 80.9 Å². The predicted molar refractivity (Wildman–Crippen MR) is 130 cm³/mol. The molecule has 0 bridgehead atoms. The molecule has 1 unspecified atom stereocenters. The maximum atomic E-state index is 13.1. The van der Waals surface area contributed by atoms with Gasteiger partial charge in [-0.2, -0.15) is 0 Å². The predicted octanol–water partition coefficient (Wildman–Crippen LogP) is 5.97. The van der Waals surface area contributed by atoms with E-state index in [-0.39, 0.29) is 38.4 Å². The number of rotatable bonds is 8. The molecule has 0 amide bonds. The van der Waals surface area contributed by atoms with E-state index in [9.17, 15) is 4.79 Å². The third-order valence-electron chi connectivity index (χ3n) is 5.09. The Labute approximate surface area is 191 Å². The van der Waals surface area contributed by atoms with Crippen LogP contribution in [0.2, 0.25) is 0 Å². The van der Waals surface area contributed by atoms with Crippen LogP contribution >= 0.6 is 8.58 Å². The second kappa shape index (κ2) is 11.4. The SMILES string of the molecule is CCCCCOc1ccc(PC(=O)c2c(C)cc(C(C)(C)C)cc2C)c(C)c1.[LiH]. The molecular weight excluding hydrogens is 370 g/mol. The number of hydrogen-bond donors (Lipinski definition) is 0. The first-order chi connectivity index (χ1) is 13.1. The summed E-state index contributed by atoms with van der Waals surface area (Å²) in [5.41, 5.74) is 5.75. The first kappa shape index (κ1) is 26.0. The number of aryl methyl sites for hydroxylation is 3. The van der Waals surface area contributed by atoms with Crippen LogP contribution in [-0.4, -0.2) is 31.0 Å². The zero-order valence-corrected chi connectivity index (χ0v) is 19.5. The molecule has 4 heteroatoms. The summed E-state index contributed by atoms with van der Waals surface area (Å²) in [6, 6.07) is 10.4. The van der Waals surface area contributed by atoms with Gasteiger partial charge < -0.3 is 4.74 Å². The van der Waals surface area contributed by atoms with Gasteiger partial charge in [-0.1, -0.05) is 58.7 Å². The van der Waals surface area contributed by atoms with Crippen LogP contribution in [0.1, 0.15) is 79.6 Å². The van der Waals surface area contributed by atoms with Crippen molar-refractivity contribution in [1.29, 1.82) is 0 Å². The Morgan fingerprint density at radius 2 is 1.59 bits per heavy atom. The van der Waals surface area contributed by atoms with Crippen molar-refractivity contribution < 1.29 is 9.53 Å². The molecule has 29 heavy (non-hydrogen) atoms. The fourth-order valence-corrected chi connectivity index (χ4v) is 4.55. The van der Waals surface area contributed by atoms with Gasteiger partial charge in [0.15, 0.2) is 5.52 Å². The van der Waals surface area contributed by atoms with Gasteiger partial charge in [-0.15, -0.1) is 0 Å². The minimum atomic E-state index is 0. The Kier molecular flexibility index (Phi) is 10.2. The molecular formula is C25H36LiO2P. The molecule has 1 atom stereocenters. The molecule has 2 aromatic carbocycles. The van der Waals surface area contributed by atoms with Crippen molar-refractivity contribution in [1.82, 2.24) is 0 Å². The Morgan fingerprint density at radius 3 is 2.10 bits per heavy atom. The van der Waals surface area contributed by atoms with E-state index in [2.05, 4.69) is 72.7 Å². The Hall–Kier alpha value is -1.06. The topological polar surface area (TPSA) is 26.3 Å². The third kappa shape index (κ3) is 7.29. The summed E-state index contributed by atoms with van der Waals surface area (Å²) in [4.78, 5) is 13.1. The van der Waals surface area contributed by atoms with E-state index in [0.717, 1.165) is 46.3 Å². The van der Waals surface area contributed by atoms with E-state index in [0.29, 0.717) is 0 Å². The molecule has 0 spiro atoms. The molecule has 0 aliphatic carbocycles. The molecule has 0 saturated carbocycles. The second-order valence-corrected chi connectivity index (χ2v) is 9.96. The van der Waals surface area contributed by atoms with Crippen molar-refractivity contribution in [2.45, 2.75) is 73.1 Å². The molecule has 0 N–H and O–H groups in total. The van der Waals surface area contributed by atoms with Gasteiger partial charge in [0.25, 0.3) is 0 Å². The summed E-state index contributed by atoms with van der Waals surface area (Å²) in [6.45, 7) is 15.7. The Morgan fingerprint density at radius 1 is 0.966 bits per heavy atom. The average Bonchev–Trinajstić information content (AvgIpc) is 2.59. The van der Waals surface area contributed by atoms with Gasteiger partial charge in [0.1, 0.15) is 5.75 Å². The van der Waals surface area contributed by atoms with Crippen LogP contribution in [0.25, 0.3) is 0 Å². The van der Waals surface area contributed by atoms with Crippen LogP contribution in [0.3, 0.4) is 0 Å². The summed E-state index contributed by atoms with van der Waals surface area (Å²) in [7, 11) is 0.135. The van der Waals surface area contributed by atoms with Gasteiger partial charge in [-0.25, -0.2) is 0 Å². The second-order valence-electron chi connectivity index (χ2n) is 8.72.